The van der Waals surface area contributed by atoms with Crippen LogP contribution in [0.15, 0.2) is 0 Å². The van der Waals surface area contributed by atoms with Crippen LogP contribution in [0.3, 0.4) is 0 Å². The number of amides is 1. The highest BCUT2D eigenvalue weighted by atomic mass is 16.3. The number of aliphatic hydroxyl groups is 2. The molecule has 88 valence electrons. The minimum absolute atomic E-state index is 0.0213. The summed E-state index contributed by atoms with van der Waals surface area (Å²) >= 11 is 0. The van der Waals surface area contributed by atoms with Crippen molar-refractivity contribution in [3.63, 3.8) is 0 Å². The van der Waals surface area contributed by atoms with Crippen molar-refractivity contribution in [1.82, 2.24) is 10.2 Å². The molecule has 1 saturated heterocycles. The van der Waals surface area contributed by atoms with Crippen molar-refractivity contribution >= 4 is 5.91 Å². The highest BCUT2D eigenvalue weighted by Gasteiger charge is 2.24. The average Bonchev–Trinajstić information content (AvgIpc) is 2.18. The van der Waals surface area contributed by atoms with E-state index in [2.05, 4.69) is 5.32 Å². The van der Waals surface area contributed by atoms with Crippen LogP contribution in [0.1, 0.15) is 6.42 Å². The molecule has 1 heterocycles. The van der Waals surface area contributed by atoms with E-state index in [4.69, 9.17) is 10.8 Å². The SMILES string of the molecule is NC(=O)C1CN(CC(O)CCO)CCN1. The molecule has 0 radical (unpaired) electrons. The molecule has 0 aromatic carbocycles. The number of nitrogens with zero attached hydrogens (tertiary/aromatic N) is 1. The van der Waals surface area contributed by atoms with E-state index in [-0.39, 0.29) is 18.6 Å². The molecule has 0 saturated carbocycles. The topological polar surface area (TPSA) is 98.8 Å². The van der Waals surface area contributed by atoms with E-state index in [9.17, 15) is 9.90 Å². The first-order chi connectivity index (χ1) is 7.13. The summed E-state index contributed by atoms with van der Waals surface area (Å²) in [5.41, 5.74) is 5.19. The lowest BCUT2D eigenvalue weighted by molar-refractivity contribution is -0.121. The molecular formula is C9H19N3O3. The molecule has 15 heavy (non-hydrogen) atoms. The first-order valence-corrected chi connectivity index (χ1v) is 5.17. The van der Waals surface area contributed by atoms with Gasteiger partial charge in [-0.15, -0.1) is 0 Å². The van der Waals surface area contributed by atoms with Gasteiger partial charge in [0.05, 0.1) is 12.1 Å². The fourth-order valence-corrected chi connectivity index (χ4v) is 1.71. The number of piperazine rings is 1. The van der Waals surface area contributed by atoms with Crippen molar-refractivity contribution in [2.45, 2.75) is 18.6 Å². The van der Waals surface area contributed by atoms with Crippen LogP contribution in [0.25, 0.3) is 0 Å². The number of nitrogens with one attached hydrogen (secondary N) is 1. The molecule has 2 unspecified atom stereocenters. The molecule has 0 spiro atoms. The first-order valence-electron chi connectivity index (χ1n) is 5.17. The number of β-amino-alcohol motifs (C(OH)–C–C–N with tert-alkyl or cyclic N) is 1. The summed E-state index contributed by atoms with van der Waals surface area (Å²) in [6.07, 6.45) is -0.174. The van der Waals surface area contributed by atoms with Crippen LogP contribution in [0, 0.1) is 0 Å². The van der Waals surface area contributed by atoms with Crippen LogP contribution < -0.4 is 11.1 Å². The summed E-state index contributed by atoms with van der Waals surface area (Å²) in [5.74, 6) is -0.364. The van der Waals surface area contributed by atoms with Crippen LogP contribution in [-0.2, 0) is 4.79 Å². The van der Waals surface area contributed by atoms with Crippen molar-refractivity contribution < 1.29 is 15.0 Å². The zero-order valence-corrected chi connectivity index (χ0v) is 8.72. The van der Waals surface area contributed by atoms with E-state index >= 15 is 0 Å². The van der Waals surface area contributed by atoms with Gasteiger partial charge < -0.3 is 21.3 Å². The summed E-state index contributed by atoms with van der Waals surface area (Å²) in [4.78, 5) is 12.9. The molecule has 0 bridgehead atoms. The van der Waals surface area contributed by atoms with E-state index in [0.29, 0.717) is 26.1 Å². The Labute approximate surface area is 89.1 Å². The Morgan fingerprint density at radius 1 is 1.67 bits per heavy atom. The number of primary amides is 1. The van der Waals surface area contributed by atoms with Crippen molar-refractivity contribution in [3.05, 3.63) is 0 Å². The maximum absolute atomic E-state index is 10.9. The smallest absolute Gasteiger partial charge is 0.235 e. The maximum Gasteiger partial charge on any atom is 0.235 e. The molecular weight excluding hydrogens is 198 g/mol. The fourth-order valence-electron chi connectivity index (χ4n) is 1.71. The van der Waals surface area contributed by atoms with Crippen LogP contribution in [0.4, 0.5) is 0 Å². The van der Waals surface area contributed by atoms with E-state index in [1.165, 1.54) is 0 Å². The number of hydrogen-bond acceptors (Lipinski definition) is 5. The van der Waals surface area contributed by atoms with Crippen LogP contribution in [0.2, 0.25) is 0 Å². The Morgan fingerprint density at radius 3 is 3.00 bits per heavy atom. The summed E-state index contributed by atoms with van der Waals surface area (Å²) in [7, 11) is 0. The zero-order valence-electron chi connectivity index (χ0n) is 8.72. The van der Waals surface area contributed by atoms with Gasteiger partial charge in [-0.2, -0.15) is 0 Å². The molecule has 5 N–H and O–H groups in total. The highest BCUT2D eigenvalue weighted by molar-refractivity contribution is 5.80. The number of aliphatic hydroxyl groups excluding tert-OH is 2. The Morgan fingerprint density at radius 2 is 2.40 bits per heavy atom. The van der Waals surface area contributed by atoms with Gasteiger partial charge in [0.2, 0.25) is 5.91 Å². The lowest BCUT2D eigenvalue weighted by atomic mass is 10.1. The third-order valence-electron chi connectivity index (χ3n) is 2.53. The van der Waals surface area contributed by atoms with Gasteiger partial charge in [0.25, 0.3) is 0 Å². The van der Waals surface area contributed by atoms with Crippen molar-refractivity contribution in [2.75, 3.05) is 32.8 Å². The summed E-state index contributed by atoms with van der Waals surface area (Å²) in [5, 5.41) is 21.1. The van der Waals surface area contributed by atoms with E-state index < -0.39 is 6.10 Å². The monoisotopic (exact) mass is 217 g/mol. The predicted octanol–water partition coefficient (Wildman–Crippen LogP) is -2.51. The largest absolute Gasteiger partial charge is 0.396 e. The third kappa shape index (κ3) is 4.13. The first kappa shape index (κ1) is 12.4. The van der Waals surface area contributed by atoms with Crippen LogP contribution in [0.5, 0.6) is 0 Å². The summed E-state index contributed by atoms with van der Waals surface area (Å²) in [6, 6.07) is -0.333. The molecule has 0 aromatic heterocycles. The van der Waals surface area contributed by atoms with Gasteiger partial charge in [-0.25, -0.2) is 0 Å². The molecule has 1 aliphatic heterocycles. The second kappa shape index (κ2) is 6.02. The Hall–Kier alpha value is -0.690. The molecule has 6 nitrogen and oxygen atoms in total. The molecule has 0 aromatic rings. The Bertz CT molecular complexity index is 213. The Balaban J connectivity index is 2.32. The van der Waals surface area contributed by atoms with Gasteiger partial charge in [0.1, 0.15) is 0 Å². The minimum atomic E-state index is -0.540. The van der Waals surface area contributed by atoms with E-state index in [0.717, 1.165) is 6.54 Å². The zero-order chi connectivity index (χ0) is 11.3. The van der Waals surface area contributed by atoms with E-state index in [1.807, 2.05) is 4.90 Å². The number of carbonyl (C=O) groups excluding carboxylic acids is 1. The van der Waals surface area contributed by atoms with Gasteiger partial charge >= 0.3 is 0 Å². The number of rotatable bonds is 5. The lowest BCUT2D eigenvalue weighted by Gasteiger charge is -2.33. The maximum atomic E-state index is 10.9. The second-order valence-electron chi connectivity index (χ2n) is 3.83. The number of nitrogens with two attached hydrogens (primary N) is 1. The Kier molecular flexibility index (Phi) is 4.97. The normalized spacial score (nSPS) is 25.1. The average molecular weight is 217 g/mol. The fraction of sp³-hybridized carbons (Fsp3) is 0.889. The van der Waals surface area contributed by atoms with Crippen molar-refractivity contribution in [3.8, 4) is 0 Å². The van der Waals surface area contributed by atoms with Crippen LogP contribution in [-0.4, -0.2) is 66.0 Å². The third-order valence-corrected chi connectivity index (χ3v) is 2.53. The van der Waals surface area contributed by atoms with Crippen molar-refractivity contribution in [2.24, 2.45) is 5.73 Å². The molecule has 2 atom stereocenters. The van der Waals surface area contributed by atoms with Gasteiger partial charge in [-0.3, -0.25) is 9.69 Å². The van der Waals surface area contributed by atoms with Gasteiger partial charge in [0, 0.05) is 32.8 Å². The molecule has 0 aliphatic carbocycles. The number of carbonyl (C=O) groups is 1. The van der Waals surface area contributed by atoms with Gasteiger partial charge in [-0.05, 0) is 6.42 Å². The quantitative estimate of drug-likeness (QED) is 0.408. The highest BCUT2D eigenvalue weighted by Crippen LogP contribution is 2.02. The molecule has 1 amide bonds. The van der Waals surface area contributed by atoms with Gasteiger partial charge in [0.15, 0.2) is 0 Å². The molecule has 6 heteroatoms. The summed E-state index contributed by atoms with van der Waals surface area (Å²) in [6.45, 7) is 2.46. The standard InChI is InChI=1S/C9H19N3O3/c10-9(15)8-6-12(3-2-11-8)5-7(14)1-4-13/h7-8,11,13-14H,1-6H2,(H2,10,15). The van der Waals surface area contributed by atoms with Crippen LogP contribution >= 0.6 is 0 Å². The second-order valence-corrected chi connectivity index (χ2v) is 3.83. The predicted molar refractivity (Wildman–Crippen MR) is 55.1 cm³/mol. The minimum Gasteiger partial charge on any atom is -0.396 e. The molecule has 1 aliphatic rings. The lowest BCUT2D eigenvalue weighted by Crippen LogP contribution is -2.57. The van der Waals surface area contributed by atoms with Crippen molar-refractivity contribution in [1.29, 1.82) is 0 Å². The molecule has 1 rings (SSSR count). The number of hydrogen-bond donors (Lipinski definition) is 4. The van der Waals surface area contributed by atoms with E-state index in [1.54, 1.807) is 0 Å². The summed E-state index contributed by atoms with van der Waals surface area (Å²) < 4.78 is 0. The van der Waals surface area contributed by atoms with Gasteiger partial charge in [-0.1, -0.05) is 0 Å². The molecule has 1 fully saturated rings.